The molecule has 0 atom stereocenters. The Morgan fingerprint density at radius 1 is 1.14 bits per heavy atom. The highest BCUT2D eigenvalue weighted by Crippen LogP contribution is 2.24. The van der Waals surface area contributed by atoms with Crippen LogP contribution in [0.1, 0.15) is 28.3 Å². The maximum Gasteiger partial charge on any atom is 0.223 e. The summed E-state index contributed by atoms with van der Waals surface area (Å²) in [5.74, 6) is -0.0801. The van der Waals surface area contributed by atoms with Crippen LogP contribution in [0.5, 0.6) is 0 Å². The number of carbonyl (C=O) groups excluding carboxylic acids is 2. The van der Waals surface area contributed by atoms with Crippen LogP contribution in [-0.2, 0) is 29.1 Å². The number of rotatable bonds is 6. The number of thiazole rings is 1. The Bertz CT molecular complexity index is 968. The molecule has 0 fully saturated rings. The van der Waals surface area contributed by atoms with Crippen molar-refractivity contribution in [2.75, 3.05) is 6.54 Å². The van der Waals surface area contributed by atoms with Crippen LogP contribution in [0.4, 0.5) is 0 Å². The molecule has 0 saturated heterocycles. The summed E-state index contributed by atoms with van der Waals surface area (Å²) in [6.07, 6.45) is 4.82. The van der Waals surface area contributed by atoms with Gasteiger partial charge in [-0.15, -0.1) is 22.7 Å². The number of carbonyl (C=O) groups is 2. The van der Waals surface area contributed by atoms with Crippen LogP contribution in [0.15, 0.2) is 41.4 Å². The number of hydrogen-bond donors (Lipinski definition) is 1. The highest BCUT2D eigenvalue weighted by Gasteiger charge is 2.21. The van der Waals surface area contributed by atoms with Crippen molar-refractivity contribution >= 4 is 34.5 Å². The molecule has 1 N–H and O–H groups in total. The van der Waals surface area contributed by atoms with Gasteiger partial charge in [0.2, 0.25) is 11.8 Å². The molecule has 1 aliphatic rings. The van der Waals surface area contributed by atoms with E-state index in [2.05, 4.69) is 26.7 Å². The summed E-state index contributed by atoms with van der Waals surface area (Å²) < 4.78 is 0. The second-order valence-corrected chi connectivity index (χ2v) is 8.52. The van der Waals surface area contributed by atoms with Crippen molar-refractivity contribution in [3.05, 3.63) is 56.8 Å². The molecule has 1 aliphatic heterocycles. The van der Waals surface area contributed by atoms with E-state index in [1.54, 1.807) is 23.7 Å². The van der Waals surface area contributed by atoms with E-state index >= 15 is 0 Å². The van der Waals surface area contributed by atoms with Gasteiger partial charge in [0.1, 0.15) is 5.01 Å². The number of thiophene rings is 1. The lowest BCUT2D eigenvalue weighted by Gasteiger charge is -2.27. The predicted octanol–water partition coefficient (Wildman–Crippen LogP) is 3.25. The Balaban J connectivity index is 1.22. The Morgan fingerprint density at radius 3 is 2.86 bits per heavy atom. The molecule has 3 aromatic heterocycles. The van der Waals surface area contributed by atoms with Gasteiger partial charge in [-0.05, 0) is 35.6 Å². The highest BCUT2D eigenvalue weighted by atomic mass is 32.1. The second kappa shape index (κ2) is 8.62. The van der Waals surface area contributed by atoms with E-state index in [0.29, 0.717) is 13.1 Å². The van der Waals surface area contributed by atoms with Gasteiger partial charge < -0.3 is 10.2 Å². The number of nitrogens with one attached hydrogen (secondary N) is 1. The third-order valence-electron chi connectivity index (χ3n) is 4.69. The summed E-state index contributed by atoms with van der Waals surface area (Å²) in [6, 6.07) is 5.89. The molecule has 3 aromatic rings. The van der Waals surface area contributed by atoms with E-state index < -0.39 is 0 Å². The summed E-state index contributed by atoms with van der Waals surface area (Å²) in [4.78, 5) is 36.3. The van der Waals surface area contributed by atoms with Crippen molar-refractivity contribution < 1.29 is 9.59 Å². The number of pyridine rings is 1. The average Bonchev–Trinajstić information content (AvgIpc) is 3.40. The average molecular weight is 413 g/mol. The van der Waals surface area contributed by atoms with Gasteiger partial charge in [-0.25, -0.2) is 4.98 Å². The monoisotopic (exact) mass is 412 g/mol. The van der Waals surface area contributed by atoms with Crippen LogP contribution in [0.3, 0.4) is 0 Å². The normalized spacial score (nSPS) is 13.2. The van der Waals surface area contributed by atoms with E-state index in [9.17, 15) is 9.59 Å². The van der Waals surface area contributed by atoms with E-state index in [0.717, 1.165) is 29.2 Å². The lowest BCUT2D eigenvalue weighted by molar-refractivity contribution is -0.134. The molecular formula is C20H20N4O2S2. The first kappa shape index (κ1) is 18.8. The van der Waals surface area contributed by atoms with Gasteiger partial charge in [0, 0.05) is 54.1 Å². The van der Waals surface area contributed by atoms with E-state index in [-0.39, 0.29) is 24.7 Å². The van der Waals surface area contributed by atoms with Crippen molar-refractivity contribution in [2.24, 2.45) is 0 Å². The highest BCUT2D eigenvalue weighted by molar-refractivity contribution is 7.10. The maximum atomic E-state index is 12.4. The largest absolute Gasteiger partial charge is 0.350 e. The van der Waals surface area contributed by atoms with Crippen LogP contribution < -0.4 is 5.32 Å². The van der Waals surface area contributed by atoms with Gasteiger partial charge in [-0.2, -0.15) is 0 Å². The molecule has 0 unspecified atom stereocenters. The first-order valence-corrected chi connectivity index (χ1v) is 10.9. The first-order chi connectivity index (χ1) is 13.7. The van der Waals surface area contributed by atoms with Crippen molar-refractivity contribution in [3.8, 4) is 11.3 Å². The van der Waals surface area contributed by atoms with Gasteiger partial charge >= 0.3 is 0 Å². The molecule has 0 spiro atoms. The van der Waals surface area contributed by atoms with E-state index in [4.69, 9.17) is 0 Å². The molecule has 0 saturated carbocycles. The molecule has 4 heterocycles. The second-order valence-electron chi connectivity index (χ2n) is 6.57. The standard InChI is InChI=1S/C20H20N4O2S2/c25-18(1-2-20(26)24-9-5-17-15(12-24)6-10-27-17)22-11-19-23-16(13-28-19)14-3-7-21-8-4-14/h3-4,6-8,10,13H,1-2,5,9,11-12H2,(H,22,25). The summed E-state index contributed by atoms with van der Waals surface area (Å²) in [7, 11) is 0. The molecule has 28 heavy (non-hydrogen) atoms. The zero-order valence-electron chi connectivity index (χ0n) is 15.3. The third-order valence-corrected chi connectivity index (χ3v) is 6.56. The first-order valence-electron chi connectivity index (χ1n) is 9.13. The molecule has 0 aliphatic carbocycles. The summed E-state index contributed by atoms with van der Waals surface area (Å²) in [5, 5.41) is 7.74. The predicted molar refractivity (Wildman–Crippen MR) is 110 cm³/mol. The third kappa shape index (κ3) is 4.45. The van der Waals surface area contributed by atoms with Crippen molar-refractivity contribution in [3.63, 3.8) is 0 Å². The molecular weight excluding hydrogens is 392 g/mol. The van der Waals surface area contributed by atoms with Gasteiger partial charge in [-0.3, -0.25) is 14.6 Å². The molecule has 0 bridgehead atoms. The lowest BCUT2D eigenvalue weighted by Crippen LogP contribution is -2.36. The Labute approximate surface area is 171 Å². The van der Waals surface area contributed by atoms with Gasteiger partial charge in [0.25, 0.3) is 0 Å². The molecule has 8 heteroatoms. The van der Waals surface area contributed by atoms with Crippen LogP contribution in [0.2, 0.25) is 0 Å². The van der Waals surface area contributed by atoms with Gasteiger partial charge in [0.05, 0.1) is 12.2 Å². The van der Waals surface area contributed by atoms with Crippen LogP contribution in [-0.4, -0.2) is 33.2 Å². The minimum absolute atomic E-state index is 0.0428. The molecule has 6 nitrogen and oxygen atoms in total. The summed E-state index contributed by atoms with van der Waals surface area (Å²) >= 11 is 3.26. The van der Waals surface area contributed by atoms with Crippen molar-refractivity contribution in [2.45, 2.75) is 32.4 Å². The number of amides is 2. The summed E-state index contributed by atoms with van der Waals surface area (Å²) in [6.45, 7) is 1.78. The van der Waals surface area contributed by atoms with Gasteiger partial charge in [-0.1, -0.05) is 0 Å². The lowest BCUT2D eigenvalue weighted by atomic mass is 10.1. The Hall–Kier alpha value is -2.58. The Kier molecular flexibility index (Phi) is 5.78. The number of hydrogen-bond acceptors (Lipinski definition) is 6. The zero-order valence-corrected chi connectivity index (χ0v) is 16.9. The van der Waals surface area contributed by atoms with Crippen molar-refractivity contribution in [1.82, 2.24) is 20.2 Å². The molecule has 0 aromatic carbocycles. The van der Waals surface area contributed by atoms with Crippen LogP contribution >= 0.6 is 22.7 Å². The fourth-order valence-corrected chi connectivity index (χ4v) is 4.78. The van der Waals surface area contributed by atoms with Crippen LogP contribution in [0, 0.1) is 0 Å². The fourth-order valence-electron chi connectivity index (χ4n) is 3.15. The number of nitrogens with zero attached hydrogens (tertiary/aromatic N) is 3. The molecule has 0 radical (unpaired) electrons. The topological polar surface area (TPSA) is 75.2 Å². The molecule has 4 rings (SSSR count). The molecule has 2 amide bonds. The minimum Gasteiger partial charge on any atom is -0.350 e. The van der Waals surface area contributed by atoms with Crippen molar-refractivity contribution in [1.29, 1.82) is 0 Å². The quantitative estimate of drug-likeness (QED) is 0.674. The van der Waals surface area contributed by atoms with Gasteiger partial charge in [0.15, 0.2) is 0 Å². The maximum absolute atomic E-state index is 12.4. The number of aromatic nitrogens is 2. The number of fused-ring (bicyclic) bond motifs is 1. The fraction of sp³-hybridized carbons (Fsp3) is 0.300. The van der Waals surface area contributed by atoms with Crippen LogP contribution in [0.25, 0.3) is 11.3 Å². The van der Waals surface area contributed by atoms with E-state index in [1.165, 1.54) is 21.8 Å². The zero-order chi connectivity index (χ0) is 19.3. The molecule has 144 valence electrons. The smallest absolute Gasteiger partial charge is 0.223 e. The summed E-state index contributed by atoms with van der Waals surface area (Å²) in [5.41, 5.74) is 3.12. The SMILES string of the molecule is O=C(CCC(=O)N1CCc2sccc2C1)NCc1nc(-c2ccncc2)cs1. The Morgan fingerprint density at radius 2 is 2.00 bits per heavy atom. The van der Waals surface area contributed by atoms with E-state index in [1.807, 2.05) is 22.4 Å². The minimum atomic E-state index is -0.123.